The van der Waals surface area contributed by atoms with Crippen molar-refractivity contribution in [3.05, 3.63) is 29.3 Å². The number of nitrogens with one attached hydrogen (secondary N) is 1. The Kier molecular flexibility index (Phi) is 7.30. The first kappa shape index (κ1) is 16.4. The Balaban J connectivity index is 2.42. The summed E-state index contributed by atoms with van der Waals surface area (Å²) in [5.41, 5.74) is -0.365. The highest BCUT2D eigenvalue weighted by Crippen LogP contribution is 2.28. The van der Waals surface area contributed by atoms with E-state index in [0.29, 0.717) is 0 Å². The molecule has 0 aliphatic rings. The fourth-order valence-electron chi connectivity index (χ4n) is 2.02. The van der Waals surface area contributed by atoms with Gasteiger partial charge in [-0.25, -0.2) is 0 Å². The van der Waals surface area contributed by atoms with Gasteiger partial charge in [0.25, 0.3) is 0 Å². The van der Waals surface area contributed by atoms with E-state index in [2.05, 4.69) is 18.3 Å². The standard InChI is InChI=1S/C15H21ClN2S/c1-3-15(12-17,18-4-2)10-7-11-19-14-9-6-5-8-13(14)16/h5-6,8-9,18H,3-4,7,10-11H2,1-2H3. The average molecular weight is 297 g/mol. The van der Waals surface area contributed by atoms with E-state index in [1.54, 1.807) is 11.8 Å². The minimum absolute atomic E-state index is 0.365. The van der Waals surface area contributed by atoms with Gasteiger partial charge in [0, 0.05) is 4.90 Å². The lowest BCUT2D eigenvalue weighted by atomic mass is 9.92. The molecule has 1 N–H and O–H groups in total. The van der Waals surface area contributed by atoms with Crippen molar-refractivity contribution in [1.29, 1.82) is 5.26 Å². The summed E-state index contributed by atoms with van der Waals surface area (Å²) in [7, 11) is 0. The molecule has 19 heavy (non-hydrogen) atoms. The second-order valence-corrected chi connectivity index (χ2v) is 6.00. The third-order valence-electron chi connectivity index (χ3n) is 3.17. The van der Waals surface area contributed by atoms with Gasteiger partial charge < -0.3 is 0 Å². The zero-order chi connectivity index (χ0) is 14.1. The van der Waals surface area contributed by atoms with Crippen LogP contribution < -0.4 is 5.32 Å². The third kappa shape index (κ3) is 5.06. The molecule has 0 radical (unpaired) electrons. The molecule has 0 bridgehead atoms. The van der Waals surface area contributed by atoms with Gasteiger partial charge in [0.2, 0.25) is 0 Å². The Morgan fingerprint density at radius 1 is 1.37 bits per heavy atom. The zero-order valence-electron chi connectivity index (χ0n) is 11.6. The zero-order valence-corrected chi connectivity index (χ0v) is 13.2. The maximum absolute atomic E-state index is 9.33. The fraction of sp³-hybridized carbons (Fsp3) is 0.533. The van der Waals surface area contributed by atoms with Crippen molar-refractivity contribution in [1.82, 2.24) is 5.32 Å². The molecular weight excluding hydrogens is 276 g/mol. The lowest BCUT2D eigenvalue weighted by Gasteiger charge is -2.25. The summed E-state index contributed by atoms with van der Waals surface area (Å²) in [6.45, 7) is 4.94. The molecule has 0 saturated heterocycles. The SMILES string of the molecule is CCNC(C#N)(CC)CCCSc1ccccc1Cl. The van der Waals surface area contributed by atoms with Crippen LogP contribution >= 0.6 is 23.4 Å². The first-order valence-electron chi connectivity index (χ1n) is 6.71. The van der Waals surface area contributed by atoms with E-state index in [0.717, 1.165) is 41.5 Å². The van der Waals surface area contributed by atoms with Crippen LogP contribution in [-0.2, 0) is 0 Å². The van der Waals surface area contributed by atoms with Crippen LogP contribution in [0, 0.1) is 11.3 Å². The average Bonchev–Trinajstić information content (AvgIpc) is 2.44. The van der Waals surface area contributed by atoms with E-state index in [1.165, 1.54) is 0 Å². The molecule has 0 heterocycles. The van der Waals surface area contributed by atoms with Crippen LogP contribution in [0.3, 0.4) is 0 Å². The number of halogens is 1. The molecule has 1 aromatic rings. The molecule has 4 heteroatoms. The van der Waals surface area contributed by atoms with E-state index in [4.69, 9.17) is 11.6 Å². The molecule has 2 nitrogen and oxygen atoms in total. The molecule has 0 aromatic heterocycles. The van der Waals surface area contributed by atoms with Crippen LogP contribution in [0.25, 0.3) is 0 Å². The quantitative estimate of drug-likeness (QED) is 0.567. The molecule has 0 spiro atoms. The Morgan fingerprint density at radius 3 is 2.68 bits per heavy atom. The van der Waals surface area contributed by atoms with Crippen molar-refractivity contribution in [2.45, 2.75) is 43.5 Å². The predicted octanol–water partition coefficient (Wildman–Crippen LogP) is 4.49. The topological polar surface area (TPSA) is 35.8 Å². The first-order chi connectivity index (χ1) is 9.17. The van der Waals surface area contributed by atoms with Crippen molar-refractivity contribution in [3.63, 3.8) is 0 Å². The summed E-state index contributed by atoms with van der Waals surface area (Å²) in [5.74, 6) is 0.985. The largest absolute Gasteiger partial charge is 0.300 e. The minimum Gasteiger partial charge on any atom is -0.300 e. The second-order valence-electron chi connectivity index (χ2n) is 4.46. The summed E-state index contributed by atoms with van der Waals surface area (Å²) < 4.78 is 0. The Labute approximate surface area is 125 Å². The van der Waals surface area contributed by atoms with Crippen molar-refractivity contribution in [2.75, 3.05) is 12.3 Å². The van der Waals surface area contributed by atoms with E-state index >= 15 is 0 Å². The lowest BCUT2D eigenvalue weighted by Crippen LogP contribution is -2.43. The number of nitrogens with zero attached hydrogens (tertiary/aromatic N) is 1. The predicted molar refractivity (Wildman–Crippen MR) is 83.7 cm³/mol. The molecule has 1 atom stereocenters. The van der Waals surface area contributed by atoms with Gasteiger partial charge in [-0.2, -0.15) is 5.26 Å². The smallest absolute Gasteiger partial charge is 0.106 e. The van der Waals surface area contributed by atoms with E-state index in [1.807, 2.05) is 31.2 Å². The van der Waals surface area contributed by atoms with E-state index in [-0.39, 0.29) is 5.54 Å². The molecule has 0 aliphatic carbocycles. The maximum Gasteiger partial charge on any atom is 0.106 e. The van der Waals surface area contributed by atoms with Crippen LogP contribution in [0.2, 0.25) is 5.02 Å². The molecule has 0 fully saturated rings. The van der Waals surface area contributed by atoms with Gasteiger partial charge in [-0.3, -0.25) is 5.32 Å². The highest BCUT2D eigenvalue weighted by Gasteiger charge is 2.25. The maximum atomic E-state index is 9.33. The summed E-state index contributed by atoms with van der Waals surface area (Å²) in [4.78, 5) is 1.12. The molecule has 0 aliphatic heterocycles. The third-order valence-corrected chi connectivity index (χ3v) is 4.78. The molecule has 1 unspecified atom stereocenters. The van der Waals surface area contributed by atoms with Crippen molar-refractivity contribution in [2.24, 2.45) is 0 Å². The second kappa shape index (κ2) is 8.47. The number of nitriles is 1. The Morgan fingerprint density at radius 2 is 2.11 bits per heavy atom. The molecule has 0 amide bonds. The molecule has 0 saturated carbocycles. The first-order valence-corrected chi connectivity index (χ1v) is 8.07. The summed E-state index contributed by atoms with van der Waals surface area (Å²) in [6, 6.07) is 10.3. The number of hydrogen-bond acceptors (Lipinski definition) is 3. The van der Waals surface area contributed by atoms with Gasteiger partial charge in [0.1, 0.15) is 5.54 Å². The van der Waals surface area contributed by atoms with Gasteiger partial charge in [-0.1, -0.05) is 37.6 Å². The van der Waals surface area contributed by atoms with Crippen LogP contribution in [0.4, 0.5) is 0 Å². The van der Waals surface area contributed by atoms with E-state index < -0.39 is 0 Å². The van der Waals surface area contributed by atoms with Crippen LogP contribution in [0.15, 0.2) is 29.2 Å². The normalized spacial score (nSPS) is 13.8. The highest BCUT2D eigenvalue weighted by molar-refractivity contribution is 7.99. The number of benzene rings is 1. The van der Waals surface area contributed by atoms with Crippen LogP contribution in [0.5, 0.6) is 0 Å². The van der Waals surface area contributed by atoms with Gasteiger partial charge in [-0.05, 0) is 43.7 Å². The Hall–Kier alpha value is -0.690. The molecule has 1 aromatic carbocycles. The summed E-state index contributed by atoms with van der Waals surface area (Å²) in [5, 5.41) is 13.4. The van der Waals surface area contributed by atoms with Crippen LogP contribution in [-0.4, -0.2) is 17.8 Å². The molecule has 1 rings (SSSR count). The van der Waals surface area contributed by atoms with Gasteiger partial charge in [0.05, 0.1) is 11.1 Å². The number of hydrogen-bond donors (Lipinski definition) is 1. The molecule has 104 valence electrons. The lowest BCUT2D eigenvalue weighted by molar-refractivity contribution is 0.379. The van der Waals surface area contributed by atoms with Crippen LogP contribution in [0.1, 0.15) is 33.1 Å². The van der Waals surface area contributed by atoms with Crippen molar-refractivity contribution < 1.29 is 0 Å². The fourth-order valence-corrected chi connectivity index (χ4v) is 3.21. The number of thioether (sulfide) groups is 1. The van der Waals surface area contributed by atoms with Crippen molar-refractivity contribution >= 4 is 23.4 Å². The summed E-state index contributed by atoms with van der Waals surface area (Å²) >= 11 is 7.87. The van der Waals surface area contributed by atoms with E-state index in [9.17, 15) is 5.26 Å². The monoisotopic (exact) mass is 296 g/mol. The minimum atomic E-state index is -0.365. The number of rotatable bonds is 8. The van der Waals surface area contributed by atoms with Crippen molar-refractivity contribution in [3.8, 4) is 6.07 Å². The summed E-state index contributed by atoms with van der Waals surface area (Å²) in [6.07, 6.45) is 2.73. The van der Waals surface area contributed by atoms with Gasteiger partial charge in [0.15, 0.2) is 0 Å². The van der Waals surface area contributed by atoms with Gasteiger partial charge >= 0.3 is 0 Å². The molecular formula is C15H21ClN2S. The highest BCUT2D eigenvalue weighted by atomic mass is 35.5. The van der Waals surface area contributed by atoms with Gasteiger partial charge in [-0.15, -0.1) is 11.8 Å². The Bertz CT molecular complexity index is 430.